The van der Waals surface area contributed by atoms with Crippen molar-refractivity contribution in [2.24, 2.45) is 0 Å². The van der Waals surface area contributed by atoms with E-state index in [9.17, 15) is 4.39 Å². The molecule has 0 saturated carbocycles. The number of aromatic nitrogens is 3. The van der Waals surface area contributed by atoms with Gasteiger partial charge in [0.15, 0.2) is 23.0 Å². The Labute approximate surface area is 166 Å². The molecule has 0 spiro atoms. The predicted molar refractivity (Wildman–Crippen MR) is 108 cm³/mol. The maximum Gasteiger partial charge on any atom is 0.203 e. The van der Waals surface area contributed by atoms with Crippen molar-refractivity contribution in [1.82, 2.24) is 14.4 Å². The first-order valence-electron chi connectivity index (χ1n) is 8.79. The molecule has 8 heteroatoms. The zero-order valence-electron chi connectivity index (χ0n) is 16.1. The van der Waals surface area contributed by atoms with E-state index in [1.807, 2.05) is 4.40 Å². The molecular formula is C21H19FN4O3. The van der Waals surface area contributed by atoms with E-state index in [2.05, 4.69) is 15.3 Å². The third-order valence-corrected chi connectivity index (χ3v) is 4.50. The van der Waals surface area contributed by atoms with Crippen LogP contribution in [0.25, 0.3) is 16.9 Å². The van der Waals surface area contributed by atoms with Gasteiger partial charge in [-0.2, -0.15) is 0 Å². The lowest BCUT2D eigenvalue weighted by Gasteiger charge is -2.15. The maximum atomic E-state index is 13.3. The molecule has 148 valence electrons. The molecule has 2 heterocycles. The van der Waals surface area contributed by atoms with Gasteiger partial charge in [-0.1, -0.05) is 0 Å². The minimum Gasteiger partial charge on any atom is -0.493 e. The number of hydrogen-bond acceptors (Lipinski definition) is 6. The third kappa shape index (κ3) is 3.40. The number of hydrogen-bond donors (Lipinski definition) is 1. The Morgan fingerprint density at radius 1 is 0.931 bits per heavy atom. The number of fused-ring (bicyclic) bond motifs is 1. The van der Waals surface area contributed by atoms with Crippen molar-refractivity contribution in [2.45, 2.75) is 0 Å². The van der Waals surface area contributed by atoms with Crippen molar-refractivity contribution in [1.29, 1.82) is 0 Å². The molecule has 0 aliphatic carbocycles. The van der Waals surface area contributed by atoms with Crippen LogP contribution in [0.15, 0.2) is 55.0 Å². The zero-order valence-corrected chi connectivity index (χ0v) is 16.1. The van der Waals surface area contributed by atoms with Gasteiger partial charge < -0.3 is 19.5 Å². The van der Waals surface area contributed by atoms with E-state index in [4.69, 9.17) is 14.2 Å². The summed E-state index contributed by atoms with van der Waals surface area (Å²) in [6, 6.07) is 9.85. The van der Waals surface area contributed by atoms with E-state index in [-0.39, 0.29) is 5.82 Å². The molecule has 7 nitrogen and oxygen atoms in total. The average Bonchev–Trinajstić information content (AvgIpc) is 3.18. The largest absolute Gasteiger partial charge is 0.493 e. The lowest BCUT2D eigenvalue weighted by molar-refractivity contribution is 0.324. The highest BCUT2D eigenvalue weighted by molar-refractivity contribution is 5.76. The summed E-state index contributed by atoms with van der Waals surface area (Å²) in [5.41, 5.74) is 3.01. The number of methoxy groups -OCH3 is 3. The maximum absolute atomic E-state index is 13.3. The lowest BCUT2D eigenvalue weighted by Crippen LogP contribution is -2.01. The monoisotopic (exact) mass is 394 g/mol. The van der Waals surface area contributed by atoms with Crippen LogP contribution in [0.3, 0.4) is 0 Å². The summed E-state index contributed by atoms with van der Waals surface area (Å²) in [5, 5.41) is 3.25. The van der Waals surface area contributed by atoms with Gasteiger partial charge in [0.1, 0.15) is 5.82 Å². The molecule has 29 heavy (non-hydrogen) atoms. The summed E-state index contributed by atoms with van der Waals surface area (Å²) in [5.74, 6) is 1.82. The minimum absolute atomic E-state index is 0.283. The number of rotatable bonds is 6. The van der Waals surface area contributed by atoms with Crippen LogP contribution in [-0.2, 0) is 0 Å². The van der Waals surface area contributed by atoms with Crippen LogP contribution in [0, 0.1) is 5.82 Å². The molecule has 0 fully saturated rings. The quantitative estimate of drug-likeness (QED) is 0.526. The molecule has 0 bridgehead atoms. The van der Waals surface area contributed by atoms with E-state index in [0.717, 1.165) is 11.3 Å². The fraction of sp³-hybridized carbons (Fsp3) is 0.143. The van der Waals surface area contributed by atoms with E-state index in [0.29, 0.717) is 34.4 Å². The second kappa shape index (κ2) is 7.67. The van der Waals surface area contributed by atoms with Crippen LogP contribution in [0.4, 0.5) is 15.9 Å². The summed E-state index contributed by atoms with van der Waals surface area (Å²) in [7, 11) is 4.67. The molecule has 4 aromatic rings. The number of ether oxygens (including phenoxy) is 3. The highest BCUT2D eigenvalue weighted by atomic mass is 19.1. The van der Waals surface area contributed by atoms with Crippen molar-refractivity contribution < 1.29 is 18.6 Å². The van der Waals surface area contributed by atoms with E-state index in [1.165, 1.54) is 12.1 Å². The number of nitrogens with zero attached hydrogens (tertiary/aromatic N) is 3. The summed E-state index contributed by atoms with van der Waals surface area (Å²) >= 11 is 0. The highest BCUT2D eigenvalue weighted by Crippen LogP contribution is 2.40. The van der Waals surface area contributed by atoms with Crippen LogP contribution < -0.4 is 19.5 Å². The van der Waals surface area contributed by atoms with Gasteiger partial charge in [-0.05, 0) is 24.3 Å². The molecule has 0 saturated heterocycles. The first-order valence-corrected chi connectivity index (χ1v) is 8.79. The van der Waals surface area contributed by atoms with Gasteiger partial charge in [0.25, 0.3) is 0 Å². The summed E-state index contributed by atoms with van der Waals surface area (Å²) in [6.45, 7) is 0. The Kier molecular flexibility index (Phi) is 4.90. The van der Waals surface area contributed by atoms with Gasteiger partial charge in [0.2, 0.25) is 5.75 Å². The summed E-state index contributed by atoms with van der Waals surface area (Å²) in [4.78, 5) is 8.90. The molecule has 0 radical (unpaired) electrons. The van der Waals surface area contributed by atoms with Gasteiger partial charge >= 0.3 is 0 Å². The fourth-order valence-corrected chi connectivity index (χ4v) is 3.13. The summed E-state index contributed by atoms with van der Waals surface area (Å²) in [6.07, 6.45) is 5.20. The van der Waals surface area contributed by atoms with Crippen molar-refractivity contribution in [3.63, 3.8) is 0 Å². The topological polar surface area (TPSA) is 69.9 Å². The van der Waals surface area contributed by atoms with Gasteiger partial charge in [0, 0.05) is 35.8 Å². The van der Waals surface area contributed by atoms with E-state index < -0.39 is 0 Å². The smallest absolute Gasteiger partial charge is 0.203 e. The zero-order chi connectivity index (χ0) is 20.4. The molecule has 1 N–H and O–H groups in total. The van der Waals surface area contributed by atoms with Crippen LogP contribution >= 0.6 is 0 Å². The molecule has 2 aromatic heterocycles. The lowest BCUT2D eigenvalue weighted by atomic mass is 10.2. The average molecular weight is 394 g/mol. The fourth-order valence-electron chi connectivity index (χ4n) is 3.13. The van der Waals surface area contributed by atoms with Crippen LogP contribution in [0.2, 0.25) is 0 Å². The van der Waals surface area contributed by atoms with Gasteiger partial charge in [-0.3, -0.25) is 4.40 Å². The Morgan fingerprint density at radius 3 is 2.24 bits per heavy atom. The predicted octanol–water partition coefficient (Wildman–Crippen LogP) is 4.30. The normalized spacial score (nSPS) is 10.8. The van der Waals surface area contributed by atoms with Crippen molar-refractivity contribution in [3.05, 3.63) is 60.8 Å². The van der Waals surface area contributed by atoms with Gasteiger partial charge in [-0.25, -0.2) is 14.4 Å². The van der Waals surface area contributed by atoms with Crippen molar-refractivity contribution >= 4 is 17.2 Å². The summed E-state index contributed by atoms with van der Waals surface area (Å²) < 4.78 is 31.3. The number of halogens is 1. The second-order valence-electron chi connectivity index (χ2n) is 6.16. The van der Waals surface area contributed by atoms with E-state index in [1.54, 1.807) is 64.2 Å². The van der Waals surface area contributed by atoms with Crippen molar-refractivity contribution in [2.75, 3.05) is 26.6 Å². The number of nitrogens with one attached hydrogen (secondary N) is 1. The first kappa shape index (κ1) is 18.5. The minimum atomic E-state index is -0.283. The molecule has 0 aliphatic rings. The van der Waals surface area contributed by atoms with Crippen LogP contribution in [0.5, 0.6) is 17.2 Å². The molecular weight excluding hydrogens is 375 g/mol. The molecule has 0 aliphatic heterocycles. The van der Waals surface area contributed by atoms with E-state index >= 15 is 0 Å². The Morgan fingerprint density at radius 2 is 1.62 bits per heavy atom. The van der Waals surface area contributed by atoms with Gasteiger partial charge in [-0.15, -0.1) is 0 Å². The van der Waals surface area contributed by atoms with Crippen molar-refractivity contribution in [3.8, 4) is 28.5 Å². The Balaban J connectivity index is 1.75. The standard InChI is InChI=1S/C21H19FN4O3/c1-27-17-10-15(11-18(28-2)19(17)29-3)25-20-21-24-12-16(26(21)9-8-23-20)13-4-6-14(22)7-5-13/h4-12H,1-3H3,(H,23,25). The number of imidazole rings is 1. The van der Waals surface area contributed by atoms with Crippen LogP contribution in [0.1, 0.15) is 0 Å². The second-order valence-corrected chi connectivity index (χ2v) is 6.16. The number of anilines is 2. The Hall–Kier alpha value is -3.81. The molecule has 2 aromatic carbocycles. The van der Waals surface area contributed by atoms with Crippen LogP contribution in [-0.4, -0.2) is 35.7 Å². The first-order chi connectivity index (χ1) is 14.1. The third-order valence-electron chi connectivity index (χ3n) is 4.50. The highest BCUT2D eigenvalue weighted by Gasteiger charge is 2.15. The SMILES string of the molecule is COc1cc(Nc2nccn3c(-c4ccc(F)cc4)cnc23)cc(OC)c1OC. The molecule has 0 atom stereocenters. The molecule has 4 rings (SSSR count). The van der Waals surface area contributed by atoms with Gasteiger partial charge in [0.05, 0.1) is 33.2 Å². The molecule has 0 unspecified atom stereocenters. The molecule has 0 amide bonds. The number of benzene rings is 2. The Bertz CT molecular complexity index is 1130.